The number of hydrogen-bond donors (Lipinski definition) is 4. The summed E-state index contributed by atoms with van der Waals surface area (Å²) in [7, 11) is 0. The lowest BCUT2D eigenvalue weighted by Gasteiger charge is -1.96. The summed E-state index contributed by atoms with van der Waals surface area (Å²) in [6, 6.07) is 0. The smallest absolute Gasteiger partial charge is 0.359 e. The van der Waals surface area contributed by atoms with Crippen LogP contribution < -0.4 is 5.32 Å². The summed E-state index contributed by atoms with van der Waals surface area (Å²) in [6.07, 6.45) is -1.62. The summed E-state index contributed by atoms with van der Waals surface area (Å²) < 4.78 is 0. The normalized spacial score (nSPS) is 8.78. The van der Waals surface area contributed by atoms with Crippen LogP contribution in [-0.4, -0.2) is 39.7 Å². The highest BCUT2D eigenvalue weighted by Crippen LogP contribution is 1.50. The molecule has 6 N–H and O–H groups in total. The Labute approximate surface area is 51.0 Å². The molecule has 0 bridgehead atoms. The van der Waals surface area contributed by atoms with Gasteiger partial charge in [0.05, 0.1) is 0 Å². The van der Waals surface area contributed by atoms with Crippen molar-refractivity contribution in [1.29, 1.82) is 0 Å². The summed E-state index contributed by atoms with van der Waals surface area (Å²) in [5, 5.41) is 24.9. The predicted molar refractivity (Wildman–Crippen MR) is 24.6 cm³/mol. The van der Waals surface area contributed by atoms with Crippen LogP contribution in [0.4, 0.5) is 0 Å². The van der Waals surface area contributed by atoms with E-state index in [1.54, 1.807) is 0 Å². The maximum Gasteiger partial charge on any atom is 0.359 e. The summed E-state index contributed by atoms with van der Waals surface area (Å²) >= 11 is 0. The van der Waals surface area contributed by atoms with Crippen LogP contribution in [0, 0.1) is 0 Å². The van der Waals surface area contributed by atoms with E-state index in [1.807, 2.05) is 0 Å². The number of rotatable bonds is 3. The van der Waals surface area contributed by atoms with Crippen molar-refractivity contribution in [3.8, 4) is 0 Å². The van der Waals surface area contributed by atoms with Gasteiger partial charge >= 0.3 is 12.4 Å². The van der Waals surface area contributed by atoms with Gasteiger partial charge < -0.3 is 20.8 Å². The van der Waals surface area contributed by atoms with Crippen molar-refractivity contribution in [2.24, 2.45) is 0 Å². The van der Waals surface area contributed by atoms with Gasteiger partial charge in [-0.05, 0) is 0 Å². The van der Waals surface area contributed by atoms with E-state index >= 15 is 0 Å². The van der Waals surface area contributed by atoms with E-state index < -0.39 is 12.4 Å². The van der Waals surface area contributed by atoms with Crippen LogP contribution in [0.25, 0.3) is 0 Å². The molecular formula is C3H9NO5. The molecule has 0 aliphatic carbocycles. The second-order valence-electron chi connectivity index (χ2n) is 1.25. The van der Waals surface area contributed by atoms with E-state index in [0.29, 0.717) is 0 Å². The largest absolute Gasteiger partial charge is 0.870 e. The van der Waals surface area contributed by atoms with Gasteiger partial charge in [0.1, 0.15) is 0 Å². The fourth-order valence-corrected chi connectivity index (χ4v) is 0.206. The second-order valence-corrected chi connectivity index (χ2v) is 1.25. The maximum atomic E-state index is 9.65. The van der Waals surface area contributed by atoms with Gasteiger partial charge in [-0.3, -0.25) is 5.32 Å². The van der Waals surface area contributed by atoms with Crippen LogP contribution in [0.3, 0.4) is 0 Å². The molecule has 0 spiro atoms. The van der Waals surface area contributed by atoms with Crippen molar-refractivity contribution in [2.75, 3.05) is 6.54 Å². The van der Waals surface area contributed by atoms with Crippen molar-refractivity contribution in [1.82, 2.24) is 0 Å². The maximum absolute atomic E-state index is 9.65. The highest BCUT2D eigenvalue weighted by molar-refractivity contribution is 5.67. The molecule has 0 atom stereocenters. The van der Waals surface area contributed by atoms with Gasteiger partial charge in [-0.2, -0.15) is 0 Å². The van der Waals surface area contributed by atoms with Crippen LogP contribution in [0.15, 0.2) is 0 Å². The number of hydrogen-bond acceptors (Lipinski definition) is 4. The number of quaternary nitrogens is 1. The monoisotopic (exact) mass is 139 g/mol. The fourth-order valence-electron chi connectivity index (χ4n) is 0.206. The number of carbonyl (C=O) groups is 1. The molecule has 0 aromatic rings. The first-order valence-electron chi connectivity index (χ1n) is 2.04. The van der Waals surface area contributed by atoms with Gasteiger partial charge in [-0.25, -0.2) is 4.79 Å². The minimum atomic E-state index is -1.62. The van der Waals surface area contributed by atoms with Gasteiger partial charge in [-0.15, -0.1) is 0 Å². The molecule has 0 saturated heterocycles. The highest BCUT2D eigenvalue weighted by atomic mass is 16.5. The molecule has 0 aromatic carbocycles. The van der Waals surface area contributed by atoms with Crippen molar-refractivity contribution in [3.63, 3.8) is 0 Å². The van der Waals surface area contributed by atoms with Crippen molar-refractivity contribution >= 4 is 5.97 Å². The molecule has 0 aromatic heterocycles. The average molecular weight is 139 g/mol. The molecule has 0 aliphatic rings. The van der Waals surface area contributed by atoms with Gasteiger partial charge in [0.2, 0.25) is 0 Å². The predicted octanol–water partition coefficient (Wildman–Crippen LogP) is -3.27. The summed E-state index contributed by atoms with van der Waals surface area (Å²) in [5.74, 6) is -1.07. The van der Waals surface area contributed by atoms with Gasteiger partial charge in [0, 0.05) is 0 Å². The first-order valence-corrected chi connectivity index (χ1v) is 2.04. The SMILES string of the molecule is O=C(O)C[NH2+]C(O)O.[OH-]. The Morgan fingerprint density at radius 2 is 2.00 bits per heavy atom. The molecule has 0 fully saturated rings. The summed E-state index contributed by atoms with van der Waals surface area (Å²) in [5.41, 5.74) is 0. The van der Waals surface area contributed by atoms with E-state index in [0.717, 1.165) is 5.32 Å². The number of carboxylic acids is 1. The number of aliphatic hydroxyl groups excluding tert-OH is 1. The Morgan fingerprint density at radius 3 is 2.11 bits per heavy atom. The Kier molecular flexibility index (Phi) is 6.75. The van der Waals surface area contributed by atoms with E-state index in [1.165, 1.54) is 0 Å². The number of aliphatic carboxylic acids is 1. The molecule has 0 saturated carbocycles. The lowest BCUT2D eigenvalue weighted by atomic mass is 10.7. The molecule has 0 aliphatic heterocycles. The second kappa shape index (κ2) is 5.45. The van der Waals surface area contributed by atoms with E-state index in [2.05, 4.69) is 0 Å². The Hall–Kier alpha value is -0.690. The zero-order chi connectivity index (χ0) is 6.57. The summed E-state index contributed by atoms with van der Waals surface area (Å²) in [6.45, 7) is -0.322. The highest BCUT2D eigenvalue weighted by Gasteiger charge is 2.02. The van der Waals surface area contributed by atoms with E-state index in [9.17, 15) is 4.79 Å². The molecule has 9 heavy (non-hydrogen) atoms. The lowest BCUT2D eigenvalue weighted by Crippen LogP contribution is -2.91. The standard InChI is InChI=1S/C3H7NO4.H2O/c5-2(6)1-4-3(7)8;/h3-4,7-8H,1H2,(H,5,6);1H2. The first kappa shape index (κ1) is 11.2. The van der Waals surface area contributed by atoms with E-state index in [-0.39, 0.29) is 12.0 Å². The van der Waals surface area contributed by atoms with Gasteiger partial charge in [0.25, 0.3) is 0 Å². The Morgan fingerprint density at radius 1 is 1.56 bits per heavy atom. The Balaban J connectivity index is 0. The van der Waals surface area contributed by atoms with Crippen LogP contribution in [0.5, 0.6) is 0 Å². The van der Waals surface area contributed by atoms with Gasteiger partial charge in [0.15, 0.2) is 6.54 Å². The first-order chi connectivity index (χ1) is 3.63. The summed E-state index contributed by atoms with van der Waals surface area (Å²) in [4.78, 5) is 9.65. The Bertz CT molecular complexity index is 82.3. The third-order valence-corrected chi connectivity index (χ3v) is 0.503. The van der Waals surface area contributed by atoms with Crippen LogP contribution in [0.2, 0.25) is 0 Å². The van der Waals surface area contributed by atoms with Crippen molar-refractivity contribution in [2.45, 2.75) is 6.41 Å². The zero-order valence-corrected chi connectivity index (χ0v) is 4.56. The fraction of sp³-hybridized carbons (Fsp3) is 0.667. The zero-order valence-electron chi connectivity index (χ0n) is 4.56. The molecule has 0 amide bonds. The van der Waals surface area contributed by atoms with Gasteiger partial charge in [-0.1, -0.05) is 0 Å². The molecule has 0 unspecified atom stereocenters. The third-order valence-electron chi connectivity index (χ3n) is 0.503. The minimum Gasteiger partial charge on any atom is -0.870 e. The molecule has 6 nitrogen and oxygen atoms in total. The van der Waals surface area contributed by atoms with Crippen LogP contribution in [0.1, 0.15) is 0 Å². The molecule has 0 radical (unpaired) electrons. The number of carboxylic acid groups (broad SMARTS) is 1. The van der Waals surface area contributed by atoms with E-state index in [4.69, 9.17) is 15.3 Å². The third kappa shape index (κ3) is 11.1. The van der Waals surface area contributed by atoms with Crippen LogP contribution >= 0.6 is 0 Å². The molecule has 6 heteroatoms. The molecule has 0 heterocycles. The molecule has 0 rings (SSSR count). The van der Waals surface area contributed by atoms with Crippen LogP contribution in [-0.2, 0) is 4.79 Å². The van der Waals surface area contributed by atoms with Crippen molar-refractivity contribution in [3.05, 3.63) is 0 Å². The minimum absolute atomic E-state index is 0. The number of nitrogens with two attached hydrogens (primary N) is 1. The lowest BCUT2D eigenvalue weighted by molar-refractivity contribution is -0.754. The number of aliphatic hydroxyl groups is 2. The van der Waals surface area contributed by atoms with Crippen molar-refractivity contribution < 1.29 is 30.9 Å². The molecule has 56 valence electrons. The topological polar surface area (TPSA) is 124 Å². The quantitative estimate of drug-likeness (QED) is 0.305. The average Bonchev–Trinajstić information content (AvgIpc) is 1.61. The molecular weight excluding hydrogens is 130 g/mol.